The fourth-order valence-corrected chi connectivity index (χ4v) is 2.45. The van der Waals surface area contributed by atoms with E-state index < -0.39 is 6.10 Å². The molecule has 0 aliphatic heterocycles. The minimum Gasteiger partial charge on any atom is -0.481 e. The van der Waals surface area contributed by atoms with Crippen LogP contribution in [0.25, 0.3) is 0 Å². The topological polar surface area (TPSA) is 38.3 Å². The molecule has 0 radical (unpaired) electrons. The molecular weight excluding hydrogens is 298 g/mol. The minimum absolute atomic E-state index is 0.118. The van der Waals surface area contributed by atoms with E-state index in [0.29, 0.717) is 12.3 Å². The molecule has 1 atom stereocenters. The zero-order valence-electron chi connectivity index (χ0n) is 15.2. The molecule has 24 heavy (non-hydrogen) atoms. The number of benzene rings is 2. The highest BCUT2D eigenvalue weighted by Crippen LogP contribution is 2.20. The average Bonchev–Trinajstić information content (AvgIpc) is 2.56. The number of carbonyl (C=O) groups is 1. The quantitative estimate of drug-likeness (QED) is 0.790. The number of hydrogen-bond donors (Lipinski definition) is 1. The molecule has 1 N–H and O–H groups in total. The molecule has 0 saturated carbocycles. The molecule has 0 heterocycles. The Labute approximate surface area is 145 Å². The second-order valence-electron chi connectivity index (χ2n) is 6.53. The molecule has 0 aromatic heterocycles. The Balaban J connectivity index is 2.03. The van der Waals surface area contributed by atoms with Crippen LogP contribution in [0.2, 0.25) is 0 Å². The van der Waals surface area contributed by atoms with Gasteiger partial charge in [-0.2, -0.15) is 0 Å². The van der Waals surface area contributed by atoms with Gasteiger partial charge in [0.25, 0.3) is 5.91 Å². The Morgan fingerprint density at radius 1 is 1.04 bits per heavy atom. The highest BCUT2D eigenvalue weighted by molar-refractivity contribution is 5.94. The van der Waals surface area contributed by atoms with Crippen molar-refractivity contribution in [3.05, 3.63) is 59.2 Å². The fraction of sp³-hybridized carbons (Fsp3) is 0.381. The molecule has 0 aliphatic carbocycles. The summed E-state index contributed by atoms with van der Waals surface area (Å²) in [5.41, 5.74) is 4.43. The van der Waals surface area contributed by atoms with Gasteiger partial charge in [-0.3, -0.25) is 4.79 Å². The first-order valence-electron chi connectivity index (χ1n) is 8.55. The van der Waals surface area contributed by atoms with E-state index in [2.05, 4.69) is 26.1 Å². The van der Waals surface area contributed by atoms with Crippen LogP contribution in [-0.4, -0.2) is 12.0 Å². The van der Waals surface area contributed by atoms with Crippen LogP contribution in [0.5, 0.6) is 5.75 Å². The molecule has 0 spiro atoms. The SMILES string of the molecule is CCC(Oc1ccc(C)c(C)c1)C(=O)Nc1ccc(C(C)C)cc1. The lowest BCUT2D eigenvalue weighted by Gasteiger charge is -2.18. The predicted octanol–water partition coefficient (Wildman–Crippen LogP) is 5.22. The van der Waals surface area contributed by atoms with Crippen molar-refractivity contribution in [3.63, 3.8) is 0 Å². The maximum atomic E-state index is 12.5. The monoisotopic (exact) mass is 325 g/mol. The Bertz CT molecular complexity index is 689. The normalized spacial score (nSPS) is 12.1. The van der Waals surface area contributed by atoms with Crippen LogP contribution in [0.1, 0.15) is 49.8 Å². The second kappa shape index (κ2) is 8.00. The zero-order valence-corrected chi connectivity index (χ0v) is 15.2. The first-order valence-corrected chi connectivity index (χ1v) is 8.55. The predicted molar refractivity (Wildman–Crippen MR) is 99.8 cm³/mol. The van der Waals surface area contributed by atoms with Gasteiger partial charge >= 0.3 is 0 Å². The van der Waals surface area contributed by atoms with Crippen LogP contribution in [-0.2, 0) is 4.79 Å². The third-order valence-corrected chi connectivity index (χ3v) is 4.26. The van der Waals surface area contributed by atoms with Gasteiger partial charge in [-0.1, -0.05) is 39.0 Å². The lowest BCUT2D eigenvalue weighted by Crippen LogP contribution is -2.32. The van der Waals surface area contributed by atoms with E-state index in [0.717, 1.165) is 17.0 Å². The second-order valence-corrected chi connectivity index (χ2v) is 6.53. The van der Waals surface area contributed by atoms with Crippen LogP contribution in [0, 0.1) is 13.8 Å². The number of amides is 1. The Hall–Kier alpha value is -2.29. The van der Waals surface area contributed by atoms with Crippen molar-refractivity contribution < 1.29 is 9.53 Å². The smallest absolute Gasteiger partial charge is 0.265 e. The summed E-state index contributed by atoms with van der Waals surface area (Å²) in [7, 11) is 0. The summed E-state index contributed by atoms with van der Waals surface area (Å²) >= 11 is 0. The van der Waals surface area contributed by atoms with Crippen molar-refractivity contribution in [3.8, 4) is 5.75 Å². The third kappa shape index (κ3) is 4.60. The molecule has 2 aromatic rings. The van der Waals surface area contributed by atoms with Gasteiger partial charge < -0.3 is 10.1 Å². The van der Waals surface area contributed by atoms with Crippen LogP contribution in [0.4, 0.5) is 5.69 Å². The highest BCUT2D eigenvalue weighted by atomic mass is 16.5. The molecule has 0 saturated heterocycles. The van der Waals surface area contributed by atoms with Gasteiger partial charge in [0.1, 0.15) is 5.75 Å². The molecule has 128 valence electrons. The van der Waals surface area contributed by atoms with E-state index in [-0.39, 0.29) is 5.91 Å². The molecular formula is C21H27NO2. The molecule has 0 aliphatic rings. The van der Waals surface area contributed by atoms with Crippen molar-refractivity contribution in [1.29, 1.82) is 0 Å². The maximum absolute atomic E-state index is 12.5. The molecule has 0 fully saturated rings. The van der Waals surface area contributed by atoms with Crippen molar-refractivity contribution in [1.82, 2.24) is 0 Å². The van der Waals surface area contributed by atoms with Crippen LogP contribution in [0.15, 0.2) is 42.5 Å². The first-order chi connectivity index (χ1) is 11.4. The number of aryl methyl sites for hydroxylation is 2. The third-order valence-electron chi connectivity index (χ3n) is 4.26. The van der Waals surface area contributed by atoms with Crippen molar-refractivity contribution in [2.24, 2.45) is 0 Å². The summed E-state index contributed by atoms with van der Waals surface area (Å²) in [4.78, 5) is 12.5. The van der Waals surface area contributed by atoms with Gasteiger partial charge in [0.15, 0.2) is 6.10 Å². The fourth-order valence-electron chi connectivity index (χ4n) is 2.45. The lowest BCUT2D eigenvalue weighted by molar-refractivity contribution is -0.122. The van der Waals surface area contributed by atoms with E-state index in [4.69, 9.17) is 4.74 Å². The van der Waals surface area contributed by atoms with Crippen LogP contribution < -0.4 is 10.1 Å². The summed E-state index contributed by atoms with van der Waals surface area (Å²) in [6.45, 7) is 10.4. The molecule has 1 amide bonds. The van der Waals surface area contributed by atoms with Crippen molar-refractivity contribution >= 4 is 11.6 Å². The van der Waals surface area contributed by atoms with Gasteiger partial charge in [-0.05, 0) is 67.1 Å². The Morgan fingerprint density at radius 2 is 1.71 bits per heavy atom. The van der Waals surface area contributed by atoms with Crippen LogP contribution in [0.3, 0.4) is 0 Å². The molecule has 1 unspecified atom stereocenters. The van der Waals surface area contributed by atoms with Crippen LogP contribution >= 0.6 is 0 Å². The number of hydrogen-bond acceptors (Lipinski definition) is 2. The van der Waals surface area contributed by atoms with Gasteiger partial charge in [-0.25, -0.2) is 0 Å². The van der Waals surface area contributed by atoms with E-state index in [1.54, 1.807) is 0 Å². The number of anilines is 1. The summed E-state index contributed by atoms with van der Waals surface area (Å²) in [5, 5.41) is 2.94. The van der Waals surface area contributed by atoms with E-state index in [1.807, 2.05) is 56.3 Å². The summed E-state index contributed by atoms with van der Waals surface area (Å²) < 4.78 is 5.88. The van der Waals surface area contributed by atoms with E-state index in [1.165, 1.54) is 11.1 Å². The molecule has 3 nitrogen and oxygen atoms in total. The zero-order chi connectivity index (χ0) is 17.7. The van der Waals surface area contributed by atoms with Gasteiger partial charge in [0.2, 0.25) is 0 Å². The van der Waals surface area contributed by atoms with E-state index in [9.17, 15) is 4.79 Å². The van der Waals surface area contributed by atoms with Gasteiger partial charge in [-0.15, -0.1) is 0 Å². The molecule has 2 aromatic carbocycles. The number of carbonyl (C=O) groups excluding carboxylic acids is 1. The first kappa shape index (κ1) is 18.1. The molecule has 0 bridgehead atoms. The maximum Gasteiger partial charge on any atom is 0.265 e. The molecule has 3 heteroatoms. The van der Waals surface area contributed by atoms with Gasteiger partial charge in [0.05, 0.1) is 0 Å². The lowest BCUT2D eigenvalue weighted by atomic mass is 10.0. The summed E-state index contributed by atoms with van der Waals surface area (Å²) in [6, 6.07) is 13.9. The number of ether oxygens (including phenoxy) is 1. The summed E-state index contributed by atoms with van der Waals surface area (Å²) in [5.74, 6) is 1.09. The minimum atomic E-state index is -0.503. The highest BCUT2D eigenvalue weighted by Gasteiger charge is 2.18. The Morgan fingerprint density at radius 3 is 2.25 bits per heavy atom. The largest absolute Gasteiger partial charge is 0.481 e. The summed E-state index contributed by atoms with van der Waals surface area (Å²) in [6.07, 6.45) is 0.111. The van der Waals surface area contributed by atoms with E-state index >= 15 is 0 Å². The van der Waals surface area contributed by atoms with Crippen molar-refractivity contribution in [2.45, 2.75) is 53.1 Å². The van der Waals surface area contributed by atoms with Crippen molar-refractivity contribution in [2.75, 3.05) is 5.32 Å². The number of nitrogens with one attached hydrogen (secondary N) is 1. The molecule has 2 rings (SSSR count). The average molecular weight is 325 g/mol. The van der Waals surface area contributed by atoms with Gasteiger partial charge in [0, 0.05) is 5.69 Å². The standard InChI is InChI=1S/C21H27NO2/c1-6-20(24-19-12-7-15(4)16(5)13-19)21(23)22-18-10-8-17(9-11-18)14(2)3/h7-14,20H,6H2,1-5H3,(H,22,23). The number of rotatable bonds is 6. The Kier molecular flexibility index (Phi) is 6.02.